The van der Waals surface area contributed by atoms with E-state index in [-0.39, 0.29) is 4.90 Å². The first-order chi connectivity index (χ1) is 13.8. The van der Waals surface area contributed by atoms with Gasteiger partial charge in [-0.3, -0.25) is 4.79 Å². The van der Waals surface area contributed by atoms with Gasteiger partial charge in [-0.15, -0.1) is 11.3 Å². The molecule has 4 rings (SSSR count). The van der Waals surface area contributed by atoms with Gasteiger partial charge in [-0.1, -0.05) is 29.8 Å². The highest BCUT2D eigenvalue weighted by atomic mass is 32.2. The number of rotatable bonds is 4. The maximum absolute atomic E-state index is 13.2. The number of aromatic nitrogens is 2. The molecule has 0 aliphatic rings. The fourth-order valence-corrected chi connectivity index (χ4v) is 5.01. The summed E-state index contributed by atoms with van der Waals surface area (Å²) < 4.78 is 27.7. The van der Waals surface area contributed by atoms with E-state index in [4.69, 9.17) is 0 Å². The van der Waals surface area contributed by atoms with Crippen molar-refractivity contribution in [2.24, 2.45) is 0 Å². The van der Waals surface area contributed by atoms with E-state index in [0.717, 1.165) is 26.0 Å². The molecule has 0 atom stereocenters. The van der Waals surface area contributed by atoms with Gasteiger partial charge >= 0.3 is 0 Å². The van der Waals surface area contributed by atoms with Crippen LogP contribution in [0.5, 0.6) is 0 Å². The number of benzene rings is 2. The number of sulfonamides is 1. The van der Waals surface area contributed by atoms with E-state index in [0.29, 0.717) is 16.3 Å². The average Bonchev–Trinajstić information content (AvgIpc) is 3.12. The van der Waals surface area contributed by atoms with E-state index in [9.17, 15) is 13.2 Å². The Morgan fingerprint density at radius 2 is 1.69 bits per heavy atom. The molecule has 148 valence electrons. The maximum Gasteiger partial charge on any atom is 0.280 e. The number of nitrogens with zero attached hydrogens (tertiary/aromatic N) is 2. The lowest BCUT2D eigenvalue weighted by Crippen LogP contribution is -2.36. The van der Waals surface area contributed by atoms with E-state index in [1.165, 1.54) is 23.5 Å². The third kappa shape index (κ3) is 3.56. The topological polar surface area (TPSA) is 81.1 Å². The van der Waals surface area contributed by atoms with Crippen LogP contribution in [0.15, 0.2) is 64.3 Å². The summed E-state index contributed by atoms with van der Waals surface area (Å²) in [6.07, 6.45) is 0. The number of para-hydroxylation sites is 1. The summed E-state index contributed by atoms with van der Waals surface area (Å²) in [7, 11) is -3.92. The molecule has 0 aliphatic carbocycles. The fourth-order valence-electron chi connectivity index (χ4n) is 2.97. The lowest BCUT2D eigenvalue weighted by Gasteiger charge is -2.16. The predicted octanol–water partition coefficient (Wildman–Crippen LogP) is 3.98. The van der Waals surface area contributed by atoms with Crippen LogP contribution in [-0.4, -0.2) is 18.1 Å². The maximum atomic E-state index is 13.2. The van der Waals surface area contributed by atoms with Gasteiger partial charge in [0, 0.05) is 5.69 Å². The monoisotopic (exact) mass is 425 g/mol. The molecule has 0 unspecified atom stereocenters. The molecule has 2 heterocycles. The molecule has 8 heteroatoms. The molecule has 29 heavy (non-hydrogen) atoms. The molecular weight excluding hydrogens is 406 g/mol. The molecule has 0 bridgehead atoms. The van der Waals surface area contributed by atoms with Crippen LogP contribution in [-0.2, 0) is 10.0 Å². The molecule has 4 aromatic rings. The minimum Gasteiger partial charge on any atom is -0.267 e. The number of nitrogens with one attached hydrogen (secondary N) is 1. The van der Waals surface area contributed by atoms with Crippen LogP contribution < -0.4 is 10.4 Å². The van der Waals surface area contributed by atoms with Gasteiger partial charge in [0.1, 0.15) is 5.01 Å². The van der Waals surface area contributed by atoms with Crippen molar-refractivity contribution >= 4 is 31.6 Å². The molecule has 1 N–H and O–H groups in total. The van der Waals surface area contributed by atoms with Gasteiger partial charge < -0.3 is 0 Å². The number of hydrogen-bond acceptors (Lipinski definition) is 5. The van der Waals surface area contributed by atoms with E-state index in [1.807, 2.05) is 38.1 Å². The number of fused-ring (bicyclic) bond motifs is 1. The van der Waals surface area contributed by atoms with Gasteiger partial charge in [-0.25, -0.2) is 14.5 Å². The second-order valence-electron chi connectivity index (χ2n) is 6.86. The average molecular weight is 426 g/mol. The van der Waals surface area contributed by atoms with Crippen LogP contribution in [0, 0.1) is 20.8 Å². The SMILES string of the molecule is Cc1ccc(S(=O)(=O)Nn2c(C)c(C)cc(-c3nc4ccccc4s3)c2=O)cc1. The molecule has 0 aliphatic heterocycles. The molecule has 0 radical (unpaired) electrons. The lowest BCUT2D eigenvalue weighted by molar-refractivity contribution is 0.593. The van der Waals surface area contributed by atoms with Crippen molar-refractivity contribution in [1.29, 1.82) is 0 Å². The Labute approximate surface area is 172 Å². The van der Waals surface area contributed by atoms with Crippen molar-refractivity contribution in [3.8, 4) is 10.6 Å². The number of pyridine rings is 1. The molecule has 0 saturated carbocycles. The molecule has 2 aromatic carbocycles. The molecule has 0 saturated heterocycles. The van der Waals surface area contributed by atoms with Gasteiger partial charge in [0.15, 0.2) is 0 Å². The van der Waals surface area contributed by atoms with E-state index in [1.54, 1.807) is 25.1 Å². The summed E-state index contributed by atoms with van der Waals surface area (Å²) in [4.78, 5) is 20.3. The van der Waals surface area contributed by atoms with Crippen LogP contribution in [0.1, 0.15) is 16.8 Å². The highest BCUT2D eigenvalue weighted by molar-refractivity contribution is 7.92. The van der Waals surface area contributed by atoms with Crippen molar-refractivity contribution in [2.45, 2.75) is 25.7 Å². The van der Waals surface area contributed by atoms with Crippen LogP contribution in [0.4, 0.5) is 0 Å². The predicted molar refractivity (Wildman–Crippen MR) is 117 cm³/mol. The minimum absolute atomic E-state index is 0.0949. The first kappa shape index (κ1) is 19.4. The summed E-state index contributed by atoms with van der Waals surface area (Å²) in [5.74, 6) is 0. The van der Waals surface area contributed by atoms with Crippen molar-refractivity contribution in [1.82, 2.24) is 9.66 Å². The third-order valence-corrected chi connectivity index (χ3v) is 7.15. The van der Waals surface area contributed by atoms with E-state index >= 15 is 0 Å². The Kier molecular flexibility index (Phi) is 4.76. The third-order valence-electron chi connectivity index (χ3n) is 4.77. The molecule has 2 aromatic heterocycles. The van der Waals surface area contributed by atoms with Crippen LogP contribution in [0.2, 0.25) is 0 Å². The molecule has 0 amide bonds. The first-order valence-corrected chi connectivity index (χ1v) is 11.2. The van der Waals surface area contributed by atoms with Crippen LogP contribution in [0.3, 0.4) is 0 Å². The highest BCUT2D eigenvalue weighted by Gasteiger charge is 2.20. The second kappa shape index (κ2) is 7.13. The zero-order valence-corrected chi connectivity index (χ0v) is 17.8. The quantitative estimate of drug-likeness (QED) is 0.536. The number of hydrogen-bond donors (Lipinski definition) is 1. The first-order valence-electron chi connectivity index (χ1n) is 8.95. The Hall–Kier alpha value is -2.97. The molecule has 0 spiro atoms. The van der Waals surface area contributed by atoms with Gasteiger partial charge in [0.05, 0.1) is 20.7 Å². The molecule has 0 fully saturated rings. The fraction of sp³-hybridized carbons (Fsp3) is 0.143. The summed E-state index contributed by atoms with van der Waals surface area (Å²) in [6, 6.07) is 15.8. The Morgan fingerprint density at radius 1 is 1.00 bits per heavy atom. The van der Waals surface area contributed by atoms with Crippen molar-refractivity contribution in [3.63, 3.8) is 0 Å². The van der Waals surface area contributed by atoms with E-state index in [2.05, 4.69) is 9.82 Å². The summed E-state index contributed by atoms with van der Waals surface area (Å²) >= 11 is 1.40. The van der Waals surface area contributed by atoms with Crippen LogP contribution in [0.25, 0.3) is 20.8 Å². The van der Waals surface area contributed by atoms with E-state index < -0.39 is 15.6 Å². The van der Waals surface area contributed by atoms with Crippen molar-refractivity contribution in [3.05, 3.63) is 81.8 Å². The summed E-state index contributed by atoms with van der Waals surface area (Å²) in [5.41, 5.74) is 2.97. The van der Waals surface area contributed by atoms with Gasteiger partial charge in [0.25, 0.3) is 15.6 Å². The Balaban J connectivity index is 1.84. The molecule has 6 nitrogen and oxygen atoms in total. The number of aryl methyl sites for hydroxylation is 2. The normalized spacial score (nSPS) is 11.7. The summed E-state index contributed by atoms with van der Waals surface area (Å²) in [5, 5.41) is 0.558. The van der Waals surface area contributed by atoms with Gasteiger partial charge in [-0.2, -0.15) is 8.42 Å². The summed E-state index contributed by atoms with van der Waals surface area (Å²) in [6.45, 7) is 5.42. The number of thiazole rings is 1. The smallest absolute Gasteiger partial charge is 0.267 e. The largest absolute Gasteiger partial charge is 0.280 e. The second-order valence-corrected chi connectivity index (χ2v) is 9.55. The zero-order chi connectivity index (χ0) is 20.8. The van der Waals surface area contributed by atoms with Crippen LogP contribution >= 0.6 is 11.3 Å². The molecular formula is C21H19N3O3S2. The van der Waals surface area contributed by atoms with Crippen molar-refractivity contribution < 1.29 is 8.42 Å². The lowest BCUT2D eigenvalue weighted by atomic mass is 10.1. The Bertz CT molecular complexity index is 1350. The zero-order valence-electron chi connectivity index (χ0n) is 16.1. The van der Waals surface area contributed by atoms with Crippen molar-refractivity contribution in [2.75, 3.05) is 4.83 Å². The standard InChI is InChI=1S/C21H19N3O3S2/c1-13-8-10-16(11-9-13)29(26,27)23-24-15(3)14(2)12-17(21(24)25)20-22-18-6-4-5-7-19(18)28-20/h4-12,23H,1-3H3. The Morgan fingerprint density at radius 3 is 2.38 bits per heavy atom. The van der Waals surface area contributed by atoms with Gasteiger partial charge in [-0.05, 0) is 56.7 Å². The highest BCUT2D eigenvalue weighted by Crippen LogP contribution is 2.29. The van der Waals surface area contributed by atoms with Gasteiger partial charge in [0.2, 0.25) is 0 Å². The minimum atomic E-state index is -3.92.